The molecular formula is C9H5ClF8N3O-. The highest BCUT2D eigenvalue weighted by Gasteiger charge is 2.76. The van der Waals surface area contributed by atoms with Crippen molar-refractivity contribution in [2.45, 2.75) is 31.2 Å². The molecule has 1 aromatic heterocycles. The molecule has 0 fully saturated rings. The molecule has 0 amide bonds. The fourth-order valence-electron chi connectivity index (χ4n) is 1.20. The Bertz CT molecular complexity index is 535. The molecule has 1 rings (SSSR count). The molecule has 0 aliphatic rings. The summed E-state index contributed by atoms with van der Waals surface area (Å²) in [6.07, 6.45) is -5.14. The van der Waals surface area contributed by atoms with Crippen molar-refractivity contribution in [3.8, 4) is 0 Å². The lowest BCUT2D eigenvalue weighted by molar-refractivity contribution is -0.336. The third-order valence-electron chi connectivity index (χ3n) is 2.32. The SMILES string of the molecule is Cc1cc(Cl)nc(N([O-])C(F)(F)C(F)(F)C(F)(F)C(F)F)n1. The van der Waals surface area contributed by atoms with Gasteiger partial charge in [-0.15, -0.1) is 0 Å². The Morgan fingerprint density at radius 2 is 1.64 bits per heavy atom. The van der Waals surface area contributed by atoms with Crippen LogP contribution in [0, 0.1) is 12.1 Å². The van der Waals surface area contributed by atoms with Crippen LogP contribution in [-0.2, 0) is 0 Å². The van der Waals surface area contributed by atoms with E-state index in [0.29, 0.717) is 0 Å². The standard InChI is InChI=1S/C9H5ClF8N3O/c1-3-2-4(10)20-6(19-3)21(22)9(17,18)8(15,16)7(13,14)5(11)12/h2,5H,1H3/q-1. The van der Waals surface area contributed by atoms with Gasteiger partial charge in [0.05, 0.1) is 0 Å². The number of alkyl halides is 8. The number of aromatic nitrogens is 2. The molecule has 0 N–H and O–H groups in total. The van der Waals surface area contributed by atoms with Crippen LogP contribution in [-0.4, -0.2) is 34.3 Å². The van der Waals surface area contributed by atoms with Crippen molar-refractivity contribution < 1.29 is 35.1 Å². The zero-order chi connectivity index (χ0) is 17.5. The summed E-state index contributed by atoms with van der Waals surface area (Å²) in [5.74, 6) is -14.8. The molecule has 0 bridgehead atoms. The molecule has 0 aliphatic carbocycles. The van der Waals surface area contributed by atoms with Crippen LogP contribution in [0.2, 0.25) is 5.15 Å². The number of rotatable bonds is 5. The Balaban J connectivity index is 3.32. The van der Waals surface area contributed by atoms with Gasteiger partial charge in [-0.3, -0.25) is 0 Å². The third-order valence-corrected chi connectivity index (χ3v) is 2.51. The zero-order valence-electron chi connectivity index (χ0n) is 10.3. The lowest BCUT2D eigenvalue weighted by Crippen LogP contribution is -2.63. The first-order valence-electron chi connectivity index (χ1n) is 5.15. The normalized spacial score (nSPS) is 13.6. The summed E-state index contributed by atoms with van der Waals surface area (Å²) in [4.78, 5) is 5.88. The monoisotopic (exact) mass is 358 g/mol. The van der Waals surface area contributed by atoms with Gasteiger partial charge in [0.25, 0.3) is 0 Å². The Labute approximate surface area is 122 Å². The van der Waals surface area contributed by atoms with Gasteiger partial charge in [0.2, 0.25) is 5.95 Å². The minimum atomic E-state index is -6.70. The molecule has 0 aromatic carbocycles. The lowest BCUT2D eigenvalue weighted by atomic mass is 10.1. The van der Waals surface area contributed by atoms with Crippen molar-refractivity contribution in [1.29, 1.82) is 0 Å². The van der Waals surface area contributed by atoms with Gasteiger partial charge in [-0.05, 0) is 13.0 Å². The van der Waals surface area contributed by atoms with Crippen molar-refractivity contribution in [2.75, 3.05) is 5.06 Å². The van der Waals surface area contributed by atoms with Crippen LogP contribution in [0.25, 0.3) is 0 Å². The molecule has 0 saturated carbocycles. The predicted molar refractivity (Wildman–Crippen MR) is 58.5 cm³/mol. The molecule has 22 heavy (non-hydrogen) atoms. The predicted octanol–water partition coefficient (Wildman–Crippen LogP) is 3.87. The van der Waals surface area contributed by atoms with Crippen molar-refractivity contribution >= 4 is 17.5 Å². The van der Waals surface area contributed by atoms with E-state index in [4.69, 9.17) is 11.6 Å². The first kappa shape index (κ1) is 18.6. The number of nitrogens with zero attached hydrogens (tertiary/aromatic N) is 3. The minimum absolute atomic E-state index is 0.226. The zero-order valence-corrected chi connectivity index (χ0v) is 11.1. The third kappa shape index (κ3) is 2.89. The second-order valence-corrected chi connectivity index (χ2v) is 4.35. The molecule has 0 radical (unpaired) electrons. The molecule has 13 heteroatoms. The fraction of sp³-hybridized carbons (Fsp3) is 0.556. The van der Waals surface area contributed by atoms with E-state index in [-0.39, 0.29) is 5.69 Å². The highest BCUT2D eigenvalue weighted by molar-refractivity contribution is 6.29. The van der Waals surface area contributed by atoms with Gasteiger partial charge in [0.15, 0.2) is 0 Å². The molecule has 0 saturated heterocycles. The van der Waals surface area contributed by atoms with Crippen LogP contribution >= 0.6 is 11.6 Å². The summed E-state index contributed by atoms with van der Waals surface area (Å²) < 4.78 is 102. The van der Waals surface area contributed by atoms with Crippen LogP contribution in [0.15, 0.2) is 6.07 Å². The van der Waals surface area contributed by atoms with E-state index in [9.17, 15) is 40.3 Å². The van der Waals surface area contributed by atoms with Gasteiger partial charge in [-0.2, -0.15) is 26.3 Å². The van der Waals surface area contributed by atoms with E-state index in [1.54, 1.807) is 0 Å². The molecule has 1 aromatic rings. The average molecular weight is 359 g/mol. The average Bonchev–Trinajstić information content (AvgIpc) is 2.35. The van der Waals surface area contributed by atoms with Gasteiger partial charge < -0.3 is 10.3 Å². The molecule has 1 heterocycles. The van der Waals surface area contributed by atoms with Gasteiger partial charge >= 0.3 is 24.3 Å². The second kappa shape index (κ2) is 5.65. The van der Waals surface area contributed by atoms with E-state index < -0.39 is 40.5 Å². The Morgan fingerprint density at radius 1 is 1.14 bits per heavy atom. The molecule has 0 atom stereocenters. The highest BCUT2D eigenvalue weighted by atomic mass is 35.5. The number of aryl methyl sites for hydroxylation is 1. The summed E-state index contributed by atoms with van der Waals surface area (Å²) >= 11 is 5.28. The van der Waals surface area contributed by atoms with Crippen molar-refractivity contribution in [1.82, 2.24) is 9.97 Å². The summed E-state index contributed by atoms with van der Waals surface area (Å²) in [6.45, 7) is 1.11. The maximum Gasteiger partial charge on any atom is 0.397 e. The maximum absolute atomic E-state index is 13.3. The van der Waals surface area contributed by atoms with Crippen LogP contribution in [0.4, 0.5) is 41.1 Å². The molecule has 0 spiro atoms. The summed E-state index contributed by atoms with van der Waals surface area (Å²) in [6, 6.07) is -5.31. The van der Waals surface area contributed by atoms with E-state index in [1.165, 1.54) is 0 Å². The van der Waals surface area contributed by atoms with Crippen molar-refractivity contribution in [2.24, 2.45) is 0 Å². The Kier molecular flexibility index (Phi) is 4.78. The van der Waals surface area contributed by atoms with E-state index in [0.717, 1.165) is 13.0 Å². The number of anilines is 1. The number of hydrogen-bond acceptors (Lipinski definition) is 4. The Hall–Kier alpha value is -1.43. The van der Waals surface area contributed by atoms with Crippen LogP contribution in [0.3, 0.4) is 0 Å². The van der Waals surface area contributed by atoms with Gasteiger partial charge in [0, 0.05) is 5.69 Å². The topological polar surface area (TPSA) is 52.1 Å². The van der Waals surface area contributed by atoms with Crippen molar-refractivity contribution in [3.05, 3.63) is 22.1 Å². The van der Waals surface area contributed by atoms with E-state index >= 15 is 0 Å². The molecule has 0 aliphatic heterocycles. The van der Waals surface area contributed by atoms with E-state index in [1.807, 2.05) is 0 Å². The molecule has 4 nitrogen and oxygen atoms in total. The van der Waals surface area contributed by atoms with E-state index in [2.05, 4.69) is 9.97 Å². The number of hydroxylamine groups is 1. The molecule has 126 valence electrons. The fourth-order valence-corrected chi connectivity index (χ4v) is 1.43. The van der Waals surface area contributed by atoms with Gasteiger partial charge in [-0.1, -0.05) is 11.6 Å². The summed E-state index contributed by atoms with van der Waals surface area (Å²) in [5.41, 5.74) is -0.226. The maximum atomic E-state index is 13.3. The first-order chi connectivity index (χ1) is 9.75. The van der Waals surface area contributed by atoms with Crippen molar-refractivity contribution in [3.63, 3.8) is 0 Å². The number of halogens is 9. The quantitative estimate of drug-likeness (QED) is 0.347. The second-order valence-electron chi connectivity index (χ2n) is 3.97. The van der Waals surface area contributed by atoms with Gasteiger partial charge in [0.1, 0.15) is 5.15 Å². The van der Waals surface area contributed by atoms with Crippen LogP contribution < -0.4 is 5.06 Å². The first-order valence-corrected chi connectivity index (χ1v) is 5.53. The summed E-state index contributed by atoms with van der Waals surface area (Å²) in [5, 5.41) is 8.61. The van der Waals surface area contributed by atoms with Crippen LogP contribution in [0.5, 0.6) is 0 Å². The largest absolute Gasteiger partial charge is 0.752 e. The molecular weight excluding hydrogens is 354 g/mol. The Morgan fingerprint density at radius 3 is 2.05 bits per heavy atom. The molecule has 0 unspecified atom stereocenters. The number of hydrogen-bond donors (Lipinski definition) is 0. The van der Waals surface area contributed by atoms with Crippen LogP contribution in [0.1, 0.15) is 5.69 Å². The van der Waals surface area contributed by atoms with Gasteiger partial charge in [-0.25, -0.2) is 18.7 Å². The highest BCUT2D eigenvalue weighted by Crippen LogP contribution is 2.50. The minimum Gasteiger partial charge on any atom is -0.752 e. The smallest absolute Gasteiger partial charge is 0.397 e. The lowest BCUT2D eigenvalue weighted by Gasteiger charge is -2.42. The summed E-state index contributed by atoms with van der Waals surface area (Å²) in [7, 11) is 0.